The first-order valence-corrected chi connectivity index (χ1v) is 11.8. The summed E-state index contributed by atoms with van der Waals surface area (Å²) < 4.78 is 6.00. The SMILES string of the molecule is CCNC(=NCc1ccnc(OC(C)CC(C)C)c1)NC1CC2CCCC(C1)N2C. The van der Waals surface area contributed by atoms with Gasteiger partial charge in [0.2, 0.25) is 5.88 Å². The van der Waals surface area contributed by atoms with Gasteiger partial charge >= 0.3 is 0 Å². The summed E-state index contributed by atoms with van der Waals surface area (Å²) in [7, 11) is 2.30. The Hall–Kier alpha value is -1.82. The Morgan fingerprint density at radius 2 is 2.00 bits per heavy atom. The van der Waals surface area contributed by atoms with Crippen LogP contribution in [0.4, 0.5) is 0 Å². The molecule has 0 spiro atoms. The summed E-state index contributed by atoms with van der Waals surface area (Å²) in [6.45, 7) is 10.1. The molecule has 168 valence electrons. The summed E-state index contributed by atoms with van der Waals surface area (Å²) in [4.78, 5) is 11.8. The Balaban J connectivity index is 1.59. The smallest absolute Gasteiger partial charge is 0.213 e. The number of pyridine rings is 1. The maximum absolute atomic E-state index is 6.00. The zero-order valence-electron chi connectivity index (χ0n) is 19.5. The minimum Gasteiger partial charge on any atom is -0.475 e. The van der Waals surface area contributed by atoms with E-state index in [0.29, 0.717) is 36.5 Å². The largest absolute Gasteiger partial charge is 0.475 e. The van der Waals surface area contributed by atoms with Crippen LogP contribution in [0, 0.1) is 5.92 Å². The molecule has 1 aromatic heterocycles. The van der Waals surface area contributed by atoms with Gasteiger partial charge in [0, 0.05) is 36.9 Å². The number of guanidine groups is 1. The van der Waals surface area contributed by atoms with Crippen LogP contribution in [0.2, 0.25) is 0 Å². The number of fused-ring (bicyclic) bond motifs is 2. The number of aromatic nitrogens is 1. The maximum atomic E-state index is 6.00. The molecular formula is C24H41N5O. The van der Waals surface area contributed by atoms with Gasteiger partial charge in [0.05, 0.1) is 12.6 Å². The fourth-order valence-corrected chi connectivity index (χ4v) is 4.95. The van der Waals surface area contributed by atoms with E-state index in [1.54, 1.807) is 0 Å². The summed E-state index contributed by atoms with van der Waals surface area (Å²) in [5, 5.41) is 7.13. The second-order valence-electron chi connectivity index (χ2n) is 9.47. The Morgan fingerprint density at radius 3 is 2.67 bits per heavy atom. The Kier molecular flexibility index (Phi) is 8.37. The highest BCUT2D eigenvalue weighted by molar-refractivity contribution is 5.80. The molecule has 2 fully saturated rings. The van der Waals surface area contributed by atoms with E-state index in [1.807, 2.05) is 18.3 Å². The standard InChI is InChI=1S/C24H41N5O/c1-6-25-24(28-20-14-21-8-7-9-22(15-20)29(21)5)27-16-19-10-11-26-23(13-19)30-18(4)12-17(2)3/h10-11,13,17-18,20-22H,6-9,12,14-16H2,1-5H3,(H2,25,27,28). The molecule has 6 heteroatoms. The van der Waals surface area contributed by atoms with Gasteiger partial charge in [-0.2, -0.15) is 0 Å². The average molecular weight is 416 g/mol. The molecule has 2 aliphatic heterocycles. The second kappa shape index (κ2) is 11.0. The third kappa shape index (κ3) is 6.59. The molecule has 2 N–H and O–H groups in total. The van der Waals surface area contributed by atoms with Gasteiger partial charge in [-0.25, -0.2) is 9.98 Å². The van der Waals surface area contributed by atoms with E-state index in [1.165, 1.54) is 32.1 Å². The van der Waals surface area contributed by atoms with E-state index in [-0.39, 0.29) is 6.10 Å². The predicted octanol–water partition coefficient (Wildman–Crippen LogP) is 3.97. The lowest BCUT2D eigenvalue weighted by Gasteiger charge is -2.47. The monoisotopic (exact) mass is 415 g/mol. The highest BCUT2D eigenvalue weighted by atomic mass is 16.5. The van der Waals surface area contributed by atoms with Crippen LogP contribution in [-0.2, 0) is 6.54 Å². The van der Waals surface area contributed by atoms with Crippen molar-refractivity contribution in [2.24, 2.45) is 10.9 Å². The van der Waals surface area contributed by atoms with Gasteiger partial charge < -0.3 is 20.3 Å². The van der Waals surface area contributed by atoms with Crippen molar-refractivity contribution in [2.45, 2.75) is 97.0 Å². The lowest BCUT2D eigenvalue weighted by Crippen LogP contribution is -2.56. The van der Waals surface area contributed by atoms with Crippen molar-refractivity contribution in [1.82, 2.24) is 20.5 Å². The number of hydrogen-bond acceptors (Lipinski definition) is 4. The first-order valence-electron chi connectivity index (χ1n) is 11.8. The second-order valence-corrected chi connectivity index (χ2v) is 9.47. The van der Waals surface area contributed by atoms with Gasteiger partial charge in [-0.3, -0.25) is 0 Å². The van der Waals surface area contributed by atoms with Crippen molar-refractivity contribution in [3.63, 3.8) is 0 Å². The predicted molar refractivity (Wildman–Crippen MR) is 124 cm³/mol. The van der Waals surface area contributed by atoms with Crippen molar-refractivity contribution in [3.05, 3.63) is 23.9 Å². The molecule has 0 radical (unpaired) electrons. The summed E-state index contributed by atoms with van der Waals surface area (Å²) in [5.41, 5.74) is 1.12. The molecule has 3 unspecified atom stereocenters. The maximum Gasteiger partial charge on any atom is 0.213 e. The van der Waals surface area contributed by atoms with Crippen LogP contribution in [0.1, 0.15) is 71.8 Å². The van der Waals surface area contributed by atoms with Crippen molar-refractivity contribution in [3.8, 4) is 5.88 Å². The number of rotatable bonds is 8. The van der Waals surface area contributed by atoms with Crippen molar-refractivity contribution >= 4 is 5.96 Å². The van der Waals surface area contributed by atoms with Gasteiger partial charge in [-0.15, -0.1) is 0 Å². The fourth-order valence-electron chi connectivity index (χ4n) is 4.95. The molecule has 3 heterocycles. The zero-order valence-corrected chi connectivity index (χ0v) is 19.5. The van der Waals surface area contributed by atoms with Crippen LogP contribution in [0.25, 0.3) is 0 Å². The van der Waals surface area contributed by atoms with Crippen LogP contribution in [0.3, 0.4) is 0 Å². The Morgan fingerprint density at radius 1 is 1.27 bits per heavy atom. The van der Waals surface area contributed by atoms with Crippen LogP contribution in [0.15, 0.2) is 23.3 Å². The first-order chi connectivity index (χ1) is 14.4. The number of piperidine rings is 2. The molecule has 1 aromatic rings. The molecule has 0 amide bonds. The number of nitrogens with one attached hydrogen (secondary N) is 2. The Labute approximate surface area is 182 Å². The van der Waals surface area contributed by atoms with Crippen LogP contribution in [-0.4, -0.2) is 53.7 Å². The Bertz CT molecular complexity index is 678. The topological polar surface area (TPSA) is 61.8 Å². The zero-order chi connectivity index (χ0) is 21.5. The van der Waals surface area contributed by atoms with E-state index in [4.69, 9.17) is 9.73 Å². The summed E-state index contributed by atoms with van der Waals surface area (Å²) in [5.74, 6) is 2.22. The highest BCUT2D eigenvalue weighted by Gasteiger charge is 2.36. The van der Waals surface area contributed by atoms with E-state index >= 15 is 0 Å². The molecular weight excluding hydrogens is 374 g/mol. The third-order valence-corrected chi connectivity index (χ3v) is 6.37. The van der Waals surface area contributed by atoms with Gasteiger partial charge in [0.1, 0.15) is 0 Å². The fraction of sp³-hybridized carbons (Fsp3) is 0.750. The lowest BCUT2D eigenvalue weighted by atomic mass is 9.82. The third-order valence-electron chi connectivity index (χ3n) is 6.37. The lowest BCUT2D eigenvalue weighted by molar-refractivity contribution is 0.0526. The van der Waals surface area contributed by atoms with E-state index in [0.717, 1.165) is 24.5 Å². The van der Waals surface area contributed by atoms with Crippen molar-refractivity contribution in [1.29, 1.82) is 0 Å². The minimum atomic E-state index is 0.166. The summed E-state index contributed by atoms with van der Waals surface area (Å²) >= 11 is 0. The molecule has 30 heavy (non-hydrogen) atoms. The first kappa shape index (κ1) is 22.9. The van der Waals surface area contributed by atoms with Crippen LogP contribution >= 0.6 is 0 Å². The molecule has 6 nitrogen and oxygen atoms in total. The van der Waals surface area contributed by atoms with Crippen LogP contribution in [0.5, 0.6) is 5.88 Å². The van der Waals surface area contributed by atoms with E-state index in [2.05, 4.69) is 55.3 Å². The molecule has 0 saturated carbocycles. The molecule has 2 bridgehead atoms. The average Bonchev–Trinajstić information content (AvgIpc) is 2.66. The quantitative estimate of drug-likeness (QED) is 0.497. The number of nitrogens with zero attached hydrogens (tertiary/aromatic N) is 3. The number of aliphatic imine (C=N–C) groups is 1. The highest BCUT2D eigenvalue weighted by Crippen LogP contribution is 2.32. The number of ether oxygens (including phenoxy) is 1. The molecule has 3 atom stereocenters. The molecule has 3 rings (SSSR count). The van der Waals surface area contributed by atoms with E-state index in [9.17, 15) is 0 Å². The van der Waals surface area contributed by atoms with Crippen LogP contribution < -0.4 is 15.4 Å². The van der Waals surface area contributed by atoms with E-state index < -0.39 is 0 Å². The summed E-state index contributed by atoms with van der Waals surface area (Å²) in [6, 6.07) is 5.97. The minimum absolute atomic E-state index is 0.166. The van der Waals surface area contributed by atoms with Crippen molar-refractivity contribution < 1.29 is 4.74 Å². The molecule has 0 aliphatic carbocycles. The molecule has 0 aromatic carbocycles. The van der Waals surface area contributed by atoms with Crippen molar-refractivity contribution in [2.75, 3.05) is 13.6 Å². The molecule has 2 saturated heterocycles. The summed E-state index contributed by atoms with van der Waals surface area (Å²) in [6.07, 6.45) is 9.46. The van der Waals surface area contributed by atoms with Gasteiger partial charge in [-0.1, -0.05) is 20.3 Å². The van der Waals surface area contributed by atoms with Gasteiger partial charge in [0.25, 0.3) is 0 Å². The number of hydrogen-bond donors (Lipinski definition) is 2. The van der Waals surface area contributed by atoms with Gasteiger partial charge in [0.15, 0.2) is 5.96 Å². The normalized spacial score (nSPS) is 25.8. The van der Waals surface area contributed by atoms with Gasteiger partial charge in [-0.05, 0) is 70.5 Å². The molecule has 2 aliphatic rings.